The molecule has 1 aliphatic heterocycles. The van der Waals surface area contributed by atoms with Gasteiger partial charge in [0.25, 0.3) is 5.91 Å². The summed E-state index contributed by atoms with van der Waals surface area (Å²) < 4.78 is 0. The number of nitrogens with one attached hydrogen (secondary N) is 1. The second kappa shape index (κ2) is 5.02. The number of hydrogen-bond donors (Lipinski definition) is 2. The summed E-state index contributed by atoms with van der Waals surface area (Å²) in [5.41, 5.74) is 7.18. The molecule has 0 bridgehead atoms. The third kappa shape index (κ3) is 2.51. The van der Waals surface area contributed by atoms with Gasteiger partial charge in [0.2, 0.25) is 0 Å². The largest absolute Gasteiger partial charge is 0.379 e. The molecule has 1 unspecified atom stereocenters. The highest BCUT2D eigenvalue weighted by Crippen LogP contribution is 2.35. The van der Waals surface area contributed by atoms with Crippen molar-refractivity contribution in [1.82, 2.24) is 5.32 Å². The molecule has 0 aromatic heterocycles. The van der Waals surface area contributed by atoms with E-state index in [0.717, 1.165) is 17.7 Å². The van der Waals surface area contributed by atoms with Crippen molar-refractivity contribution < 1.29 is 4.79 Å². The van der Waals surface area contributed by atoms with E-state index >= 15 is 0 Å². The molecule has 4 nitrogen and oxygen atoms in total. The number of rotatable bonds is 2. The Balaban J connectivity index is 2.39. The monoisotopic (exact) mass is 263 g/mol. The molecule has 3 N–H and O–H groups in total. The maximum atomic E-state index is 11.6. The van der Waals surface area contributed by atoms with Gasteiger partial charge in [-0.25, -0.2) is 0 Å². The number of aliphatic imine (C=N–C) groups is 1. The van der Waals surface area contributed by atoms with Gasteiger partial charge in [0.1, 0.15) is 0 Å². The molecule has 18 heavy (non-hydrogen) atoms. The molecule has 5 heteroatoms. The van der Waals surface area contributed by atoms with Crippen molar-refractivity contribution in [3.63, 3.8) is 0 Å². The van der Waals surface area contributed by atoms with E-state index in [1.54, 1.807) is 24.9 Å². The highest BCUT2D eigenvalue weighted by molar-refractivity contribution is 8.13. The molecule has 0 saturated carbocycles. The Morgan fingerprint density at radius 1 is 1.56 bits per heavy atom. The molecule has 1 aromatic rings. The average molecular weight is 263 g/mol. The molecule has 0 saturated heterocycles. The Morgan fingerprint density at radius 3 is 3.00 bits per heavy atom. The number of carbonyl (C=O) groups is 1. The first-order valence-corrected chi connectivity index (χ1v) is 6.84. The third-order valence-corrected chi connectivity index (χ3v) is 3.96. The van der Waals surface area contributed by atoms with Gasteiger partial charge in [-0.1, -0.05) is 23.9 Å². The Bertz CT molecular complexity index is 501. The van der Waals surface area contributed by atoms with Crippen molar-refractivity contribution in [2.75, 3.05) is 12.8 Å². The standard InChI is InChI=1S/C13H17N3OS/c1-13(6-7-18-12(14)16-13)10-5-3-4-9(8-10)11(17)15-2/h3-5,8H,6-7H2,1-2H3,(H2,14,16)(H,15,17). The summed E-state index contributed by atoms with van der Waals surface area (Å²) in [6.45, 7) is 2.06. The predicted octanol–water partition coefficient (Wildman–Crippen LogP) is 1.71. The normalized spacial score (nSPS) is 23.3. The minimum atomic E-state index is -0.320. The molecule has 1 atom stereocenters. The smallest absolute Gasteiger partial charge is 0.251 e. The summed E-state index contributed by atoms with van der Waals surface area (Å²) in [4.78, 5) is 16.2. The van der Waals surface area contributed by atoms with Crippen molar-refractivity contribution >= 4 is 22.8 Å². The van der Waals surface area contributed by atoms with Crippen molar-refractivity contribution in [2.45, 2.75) is 18.9 Å². The first-order valence-electron chi connectivity index (χ1n) is 5.86. The quantitative estimate of drug-likeness (QED) is 0.853. The van der Waals surface area contributed by atoms with E-state index in [0.29, 0.717) is 10.7 Å². The van der Waals surface area contributed by atoms with E-state index < -0.39 is 0 Å². The highest BCUT2D eigenvalue weighted by atomic mass is 32.2. The van der Waals surface area contributed by atoms with Crippen molar-refractivity contribution in [1.29, 1.82) is 0 Å². The van der Waals surface area contributed by atoms with E-state index in [2.05, 4.69) is 17.2 Å². The Morgan fingerprint density at radius 2 is 2.33 bits per heavy atom. The number of benzene rings is 1. The summed E-state index contributed by atoms with van der Waals surface area (Å²) in [6, 6.07) is 7.58. The van der Waals surface area contributed by atoms with Crippen LogP contribution in [0.5, 0.6) is 0 Å². The number of amides is 1. The number of carbonyl (C=O) groups excluding carboxylic acids is 1. The number of amidine groups is 1. The molecule has 0 aliphatic carbocycles. The van der Waals surface area contributed by atoms with Crippen LogP contribution in [0.1, 0.15) is 29.3 Å². The maximum Gasteiger partial charge on any atom is 0.251 e. The Hall–Kier alpha value is -1.49. The third-order valence-electron chi connectivity index (χ3n) is 3.17. The zero-order chi connectivity index (χ0) is 13.2. The number of nitrogens with two attached hydrogens (primary N) is 1. The lowest BCUT2D eigenvalue weighted by Crippen LogP contribution is -2.29. The fourth-order valence-electron chi connectivity index (χ4n) is 2.03. The SMILES string of the molecule is CNC(=O)c1cccc(C2(C)CCSC(N)=N2)c1. The summed E-state index contributed by atoms with van der Waals surface area (Å²) >= 11 is 1.58. The molecule has 2 rings (SSSR count). The van der Waals surface area contributed by atoms with Crippen LogP contribution in [0.2, 0.25) is 0 Å². The number of nitrogens with zero attached hydrogens (tertiary/aromatic N) is 1. The topological polar surface area (TPSA) is 67.5 Å². The summed E-state index contributed by atoms with van der Waals surface area (Å²) in [5.74, 6) is 0.873. The van der Waals surface area contributed by atoms with Gasteiger partial charge in [0.15, 0.2) is 5.17 Å². The molecule has 1 aromatic carbocycles. The average Bonchev–Trinajstić information content (AvgIpc) is 2.38. The molecule has 0 spiro atoms. The van der Waals surface area contributed by atoms with Gasteiger partial charge in [-0.2, -0.15) is 0 Å². The van der Waals surface area contributed by atoms with Gasteiger partial charge in [-0.05, 0) is 31.0 Å². The van der Waals surface area contributed by atoms with Gasteiger partial charge in [0, 0.05) is 18.4 Å². The molecular weight excluding hydrogens is 246 g/mol. The lowest BCUT2D eigenvalue weighted by Gasteiger charge is -2.30. The summed E-state index contributed by atoms with van der Waals surface area (Å²) in [6.07, 6.45) is 0.926. The first-order chi connectivity index (χ1) is 8.55. The van der Waals surface area contributed by atoms with Crippen molar-refractivity contribution in [3.05, 3.63) is 35.4 Å². The molecule has 1 heterocycles. The zero-order valence-corrected chi connectivity index (χ0v) is 11.4. The molecule has 96 valence electrons. The van der Waals surface area contributed by atoms with E-state index in [4.69, 9.17) is 5.73 Å². The van der Waals surface area contributed by atoms with Crippen molar-refractivity contribution in [2.24, 2.45) is 10.7 Å². The lowest BCUT2D eigenvalue weighted by atomic mass is 9.89. The van der Waals surface area contributed by atoms with Crippen LogP contribution in [-0.2, 0) is 5.54 Å². The fourth-order valence-corrected chi connectivity index (χ4v) is 3.01. The van der Waals surface area contributed by atoms with E-state index in [9.17, 15) is 4.79 Å². The minimum Gasteiger partial charge on any atom is -0.379 e. The highest BCUT2D eigenvalue weighted by Gasteiger charge is 2.29. The molecule has 1 aliphatic rings. The second-order valence-electron chi connectivity index (χ2n) is 4.48. The van der Waals surface area contributed by atoms with Crippen LogP contribution in [0.4, 0.5) is 0 Å². The first kappa shape index (κ1) is 13.0. The van der Waals surface area contributed by atoms with E-state index in [-0.39, 0.29) is 11.4 Å². The van der Waals surface area contributed by atoms with Crippen LogP contribution in [0.3, 0.4) is 0 Å². The minimum absolute atomic E-state index is 0.0809. The van der Waals surface area contributed by atoms with E-state index in [1.165, 1.54) is 0 Å². The molecule has 1 amide bonds. The summed E-state index contributed by atoms with van der Waals surface area (Å²) in [7, 11) is 1.63. The lowest BCUT2D eigenvalue weighted by molar-refractivity contribution is 0.0963. The van der Waals surface area contributed by atoms with Crippen LogP contribution < -0.4 is 11.1 Å². The van der Waals surface area contributed by atoms with Crippen molar-refractivity contribution in [3.8, 4) is 0 Å². The Labute approximate surface area is 111 Å². The van der Waals surface area contributed by atoms with Crippen LogP contribution in [0, 0.1) is 0 Å². The zero-order valence-electron chi connectivity index (χ0n) is 10.6. The van der Waals surface area contributed by atoms with Crippen LogP contribution in [-0.4, -0.2) is 23.9 Å². The Kier molecular flexibility index (Phi) is 3.61. The van der Waals surface area contributed by atoms with Crippen LogP contribution in [0.25, 0.3) is 0 Å². The predicted molar refractivity (Wildman–Crippen MR) is 75.9 cm³/mol. The van der Waals surface area contributed by atoms with Gasteiger partial charge in [0.05, 0.1) is 5.54 Å². The maximum absolute atomic E-state index is 11.6. The number of thioether (sulfide) groups is 1. The number of hydrogen-bond acceptors (Lipinski definition) is 4. The molecular formula is C13H17N3OS. The van der Waals surface area contributed by atoms with Gasteiger partial charge in [-0.3, -0.25) is 9.79 Å². The second-order valence-corrected chi connectivity index (χ2v) is 5.60. The van der Waals surface area contributed by atoms with Crippen LogP contribution >= 0.6 is 11.8 Å². The molecule has 0 fully saturated rings. The molecule has 0 radical (unpaired) electrons. The van der Waals surface area contributed by atoms with Gasteiger partial charge >= 0.3 is 0 Å². The van der Waals surface area contributed by atoms with Gasteiger partial charge in [-0.15, -0.1) is 0 Å². The fraction of sp³-hybridized carbons (Fsp3) is 0.385. The van der Waals surface area contributed by atoms with E-state index in [1.807, 2.05) is 18.2 Å². The van der Waals surface area contributed by atoms with Gasteiger partial charge < -0.3 is 11.1 Å². The van der Waals surface area contributed by atoms with Crippen LogP contribution in [0.15, 0.2) is 29.3 Å². The summed E-state index contributed by atoms with van der Waals surface area (Å²) in [5, 5.41) is 3.25.